The number of para-hydroxylation sites is 1. The summed E-state index contributed by atoms with van der Waals surface area (Å²) in [6.45, 7) is 9.73. The van der Waals surface area contributed by atoms with Crippen LogP contribution in [0.2, 0.25) is 0 Å². The lowest BCUT2D eigenvalue weighted by molar-refractivity contribution is 0.333. The molecule has 0 N–H and O–H groups in total. The van der Waals surface area contributed by atoms with Gasteiger partial charge in [0.25, 0.3) is 0 Å². The van der Waals surface area contributed by atoms with Gasteiger partial charge in [-0.05, 0) is 171 Å². The molecular weight excluding hydrogens is 867 g/mol. The van der Waals surface area contributed by atoms with Crippen LogP contribution in [0.15, 0.2) is 237 Å². The van der Waals surface area contributed by atoms with Crippen molar-refractivity contribution in [2.45, 2.75) is 56.8 Å². The monoisotopic (exact) mass is 921 g/mol. The zero-order chi connectivity index (χ0) is 48.3. The molecule has 0 heterocycles. The largest absolute Gasteiger partial charge is 0.310 e. The third-order valence-corrected chi connectivity index (χ3v) is 16.9. The molecule has 0 radical (unpaired) electrons. The lowest BCUT2D eigenvalue weighted by atomic mass is 9.61. The molecule has 0 saturated carbocycles. The van der Waals surface area contributed by atoms with Gasteiger partial charge in [0.1, 0.15) is 0 Å². The Kier molecular flexibility index (Phi) is 9.39. The number of fused-ring (bicyclic) bond motifs is 14. The van der Waals surface area contributed by atoms with Gasteiger partial charge in [-0.2, -0.15) is 0 Å². The normalized spacial score (nSPS) is 15.2. The number of benzene rings is 11. The van der Waals surface area contributed by atoms with Gasteiger partial charge in [-0.1, -0.05) is 222 Å². The maximum absolute atomic E-state index is 2.56. The summed E-state index contributed by atoms with van der Waals surface area (Å²) in [6.07, 6.45) is 2.37. The molecule has 11 aromatic rings. The highest BCUT2D eigenvalue weighted by atomic mass is 15.1. The second kappa shape index (κ2) is 15.9. The zero-order valence-electron chi connectivity index (χ0n) is 41.4. The Morgan fingerprint density at radius 2 is 0.778 bits per heavy atom. The summed E-state index contributed by atoms with van der Waals surface area (Å²) >= 11 is 0. The first-order valence-corrected chi connectivity index (χ1v) is 25.8. The number of rotatable bonds is 6. The first-order valence-electron chi connectivity index (χ1n) is 25.8. The molecule has 0 aromatic heterocycles. The lowest BCUT2D eigenvalue weighted by Gasteiger charge is -2.43. The van der Waals surface area contributed by atoms with Gasteiger partial charge in [0.15, 0.2) is 0 Å². The van der Waals surface area contributed by atoms with Crippen molar-refractivity contribution in [3.05, 3.63) is 270 Å². The Hall–Kier alpha value is -8.26. The van der Waals surface area contributed by atoms with Crippen molar-refractivity contribution in [1.29, 1.82) is 0 Å². The predicted octanol–water partition coefficient (Wildman–Crippen LogP) is 19.2. The average Bonchev–Trinajstić information content (AvgIpc) is 3.89. The average molecular weight is 922 g/mol. The highest BCUT2D eigenvalue weighted by Crippen LogP contribution is 2.64. The number of hydrogen-bond donors (Lipinski definition) is 0. The number of nitrogens with zero attached hydrogens (tertiary/aromatic N) is 1. The third-order valence-electron chi connectivity index (χ3n) is 16.9. The fourth-order valence-corrected chi connectivity index (χ4v) is 13.4. The summed E-state index contributed by atoms with van der Waals surface area (Å²) < 4.78 is 0. The molecule has 11 aromatic carbocycles. The molecule has 0 aliphatic heterocycles. The summed E-state index contributed by atoms with van der Waals surface area (Å²) in [5.41, 5.74) is 24.0. The van der Waals surface area contributed by atoms with E-state index < -0.39 is 5.41 Å². The molecule has 3 aliphatic rings. The highest BCUT2D eigenvalue weighted by Gasteiger charge is 2.52. The Labute approximate surface area is 423 Å². The van der Waals surface area contributed by atoms with Crippen LogP contribution in [-0.2, 0) is 16.2 Å². The minimum atomic E-state index is -0.493. The third kappa shape index (κ3) is 6.20. The minimum Gasteiger partial charge on any atom is -0.310 e. The van der Waals surface area contributed by atoms with E-state index in [0.717, 1.165) is 17.1 Å². The Balaban J connectivity index is 1.01. The van der Waals surface area contributed by atoms with E-state index in [9.17, 15) is 0 Å². The van der Waals surface area contributed by atoms with Gasteiger partial charge in [0, 0.05) is 16.9 Å². The molecular formula is C71H55N. The van der Waals surface area contributed by atoms with Gasteiger partial charge in [0.05, 0.1) is 11.1 Å². The molecule has 0 saturated heterocycles. The summed E-state index contributed by atoms with van der Waals surface area (Å²) in [7, 11) is 0. The van der Waals surface area contributed by atoms with E-state index in [4.69, 9.17) is 0 Å². The van der Waals surface area contributed by atoms with Crippen LogP contribution < -0.4 is 4.90 Å². The van der Waals surface area contributed by atoms with E-state index in [0.29, 0.717) is 0 Å². The van der Waals surface area contributed by atoms with Crippen LogP contribution in [0, 0.1) is 0 Å². The lowest BCUT2D eigenvalue weighted by Crippen LogP contribution is -2.34. The van der Waals surface area contributed by atoms with E-state index in [-0.39, 0.29) is 10.8 Å². The summed E-state index contributed by atoms with van der Waals surface area (Å²) in [6, 6.07) is 89.4. The van der Waals surface area contributed by atoms with Crippen LogP contribution in [0.3, 0.4) is 0 Å². The molecule has 1 heteroatoms. The fraction of sp³-hybridized carbons (Fsp3) is 0.127. The van der Waals surface area contributed by atoms with Gasteiger partial charge >= 0.3 is 0 Å². The van der Waals surface area contributed by atoms with Crippen molar-refractivity contribution in [3.8, 4) is 55.6 Å². The van der Waals surface area contributed by atoms with Gasteiger partial charge in [-0.25, -0.2) is 0 Å². The van der Waals surface area contributed by atoms with Crippen LogP contribution in [0.4, 0.5) is 17.1 Å². The van der Waals surface area contributed by atoms with E-state index in [1.165, 1.54) is 123 Å². The van der Waals surface area contributed by atoms with Gasteiger partial charge in [-0.3, -0.25) is 0 Å². The van der Waals surface area contributed by atoms with Crippen LogP contribution in [0.1, 0.15) is 73.9 Å². The second-order valence-corrected chi connectivity index (χ2v) is 21.8. The van der Waals surface area contributed by atoms with E-state index in [1.54, 1.807) is 0 Å². The molecule has 0 fully saturated rings. The topological polar surface area (TPSA) is 3.24 Å². The van der Waals surface area contributed by atoms with Crippen molar-refractivity contribution in [2.75, 3.05) is 4.90 Å². The van der Waals surface area contributed by atoms with Crippen LogP contribution >= 0.6 is 0 Å². The van der Waals surface area contributed by atoms with Gasteiger partial charge < -0.3 is 4.90 Å². The molecule has 14 rings (SSSR count). The highest BCUT2D eigenvalue weighted by molar-refractivity contribution is 6.14. The Morgan fingerprint density at radius 1 is 0.306 bits per heavy atom. The smallest absolute Gasteiger partial charge is 0.0726 e. The quantitative estimate of drug-likeness (QED) is 0.150. The van der Waals surface area contributed by atoms with E-state index in [2.05, 4.69) is 269 Å². The maximum Gasteiger partial charge on any atom is 0.0726 e. The standard InChI is InChI=1S/C71H55N/c1-69(2)41-42-70(3,4)68-53(28-18-32-65(68)69)46-33-35-48(36-34-46)60-44-61-58-27-14-17-31-64(58)71(62-29-15-12-25-56(62)57-26-13-16-30-63(57)71)66(61)45-67(60)72(50-20-6-5-7-21-50)51-39-37-47(38-40-51)59-43-49-19-8-9-22-52(49)54-23-10-11-24-55(54)59/h5-40,43-45H,41-42H2,1-4H3. The first kappa shape index (κ1) is 42.6. The van der Waals surface area contributed by atoms with Gasteiger partial charge in [0.2, 0.25) is 0 Å². The maximum atomic E-state index is 2.56. The first-order chi connectivity index (χ1) is 35.2. The van der Waals surface area contributed by atoms with Crippen molar-refractivity contribution in [2.24, 2.45) is 0 Å². The van der Waals surface area contributed by atoms with Crippen molar-refractivity contribution in [1.82, 2.24) is 0 Å². The van der Waals surface area contributed by atoms with Crippen molar-refractivity contribution >= 4 is 38.6 Å². The summed E-state index contributed by atoms with van der Waals surface area (Å²) in [5.74, 6) is 0. The molecule has 1 nitrogen and oxygen atoms in total. The minimum absolute atomic E-state index is 0.0846. The number of anilines is 3. The van der Waals surface area contributed by atoms with E-state index >= 15 is 0 Å². The van der Waals surface area contributed by atoms with E-state index in [1.807, 2.05) is 0 Å². The fourth-order valence-electron chi connectivity index (χ4n) is 13.4. The molecule has 1 spiro atoms. The molecule has 72 heavy (non-hydrogen) atoms. The molecule has 3 aliphatic carbocycles. The summed E-state index contributed by atoms with van der Waals surface area (Å²) in [4.78, 5) is 2.51. The van der Waals surface area contributed by atoms with Crippen molar-refractivity contribution < 1.29 is 0 Å². The number of hydrogen-bond acceptors (Lipinski definition) is 1. The molecule has 0 unspecified atom stereocenters. The zero-order valence-corrected chi connectivity index (χ0v) is 41.4. The molecule has 344 valence electrons. The SMILES string of the molecule is CC1(C)CCC(C)(C)c2c(-c3ccc(-c4cc5c(cc4N(c4ccccc4)c4ccc(-c6cc7ccccc7c7ccccc67)cc4)C4(c6ccccc6-c6ccccc64)c4ccccc4-5)cc3)cccc21. The van der Waals surface area contributed by atoms with Crippen molar-refractivity contribution in [3.63, 3.8) is 0 Å². The molecule has 0 bridgehead atoms. The predicted molar refractivity (Wildman–Crippen MR) is 304 cm³/mol. The van der Waals surface area contributed by atoms with Gasteiger partial charge in [-0.15, -0.1) is 0 Å². The molecule has 0 amide bonds. The van der Waals surface area contributed by atoms with Crippen LogP contribution in [0.5, 0.6) is 0 Å². The Bertz CT molecular complexity index is 3920. The Morgan fingerprint density at radius 3 is 1.44 bits per heavy atom. The van der Waals surface area contributed by atoms with Crippen LogP contribution in [0.25, 0.3) is 77.2 Å². The van der Waals surface area contributed by atoms with Crippen LogP contribution in [-0.4, -0.2) is 0 Å². The molecule has 0 atom stereocenters. The second-order valence-electron chi connectivity index (χ2n) is 21.8. The summed E-state index contributed by atoms with van der Waals surface area (Å²) in [5, 5.41) is 5.07.